The summed E-state index contributed by atoms with van der Waals surface area (Å²) in [4.78, 5) is 2.57. The first-order valence-corrected chi connectivity index (χ1v) is 10.4. The third-order valence-electron chi connectivity index (χ3n) is 5.14. The van der Waals surface area contributed by atoms with Gasteiger partial charge in [0.2, 0.25) is 0 Å². The molecule has 0 unspecified atom stereocenters. The fourth-order valence-electron chi connectivity index (χ4n) is 3.59. The first kappa shape index (κ1) is 19.4. The summed E-state index contributed by atoms with van der Waals surface area (Å²) in [5.74, 6) is 0.958. The van der Waals surface area contributed by atoms with Crippen LogP contribution in [0.2, 0.25) is 0 Å². The molecule has 1 aliphatic rings. The molecule has 0 bridgehead atoms. The van der Waals surface area contributed by atoms with Crippen molar-refractivity contribution >= 4 is 15.9 Å². The van der Waals surface area contributed by atoms with Crippen LogP contribution in [0.3, 0.4) is 0 Å². The van der Waals surface area contributed by atoms with E-state index in [0.717, 1.165) is 29.9 Å². The maximum absolute atomic E-state index is 6.11. The largest absolute Gasteiger partial charge is 0.489 e. The lowest BCUT2D eigenvalue weighted by Crippen LogP contribution is -2.37. The van der Waals surface area contributed by atoms with Crippen LogP contribution in [0.4, 0.5) is 0 Å². The van der Waals surface area contributed by atoms with E-state index in [0.29, 0.717) is 12.6 Å². The van der Waals surface area contributed by atoms with Crippen LogP contribution in [0.5, 0.6) is 5.75 Å². The minimum atomic E-state index is 0.598. The van der Waals surface area contributed by atoms with Crippen molar-refractivity contribution in [3.63, 3.8) is 0 Å². The second-order valence-electron chi connectivity index (χ2n) is 7.08. The Morgan fingerprint density at radius 2 is 2.00 bits per heavy atom. The molecule has 1 saturated heterocycles. The van der Waals surface area contributed by atoms with Crippen LogP contribution in [0.1, 0.15) is 36.5 Å². The molecular weight excluding hydrogens is 388 g/mol. The van der Waals surface area contributed by atoms with Gasteiger partial charge in [-0.25, -0.2) is 0 Å². The Labute approximate surface area is 165 Å². The molecule has 0 saturated carbocycles. The van der Waals surface area contributed by atoms with Crippen LogP contribution in [0.25, 0.3) is 0 Å². The molecule has 4 heteroatoms. The normalized spacial score (nSPS) is 17.6. The predicted octanol–water partition coefficient (Wildman–Crippen LogP) is 4.91. The molecule has 0 aliphatic carbocycles. The first-order valence-electron chi connectivity index (χ1n) is 9.57. The highest BCUT2D eigenvalue weighted by atomic mass is 79.9. The van der Waals surface area contributed by atoms with E-state index < -0.39 is 0 Å². The molecule has 140 valence electrons. The van der Waals surface area contributed by atoms with E-state index in [1.54, 1.807) is 0 Å². The number of likely N-dealkylation sites (N-methyl/N-ethyl adjacent to an activating group) is 1. The van der Waals surface area contributed by atoms with Gasteiger partial charge in [0, 0.05) is 29.2 Å². The lowest BCUT2D eigenvalue weighted by Gasteiger charge is -2.23. The van der Waals surface area contributed by atoms with E-state index in [1.165, 1.54) is 36.1 Å². The van der Waals surface area contributed by atoms with Crippen LogP contribution in [-0.2, 0) is 13.2 Å². The van der Waals surface area contributed by atoms with Gasteiger partial charge in [-0.05, 0) is 56.6 Å². The van der Waals surface area contributed by atoms with Crippen molar-refractivity contribution < 1.29 is 4.74 Å². The van der Waals surface area contributed by atoms with Crippen LogP contribution in [-0.4, -0.2) is 30.6 Å². The summed E-state index contributed by atoms with van der Waals surface area (Å²) >= 11 is 3.59. The quantitative estimate of drug-likeness (QED) is 0.661. The molecule has 0 aromatic heterocycles. The van der Waals surface area contributed by atoms with Crippen molar-refractivity contribution in [2.45, 2.75) is 45.9 Å². The number of ether oxygens (including phenoxy) is 1. The molecule has 0 amide bonds. The number of rotatable bonds is 8. The molecule has 2 aromatic rings. The molecule has 2 aromatic carbocycles. The van der Waals surface area contributed by atoms with Crippen molar-refractivity contribution in [1.82, 2.24) is 10.2 Å². The third kappa shape index (κ3) is 5.32. The Balaban J connectivity index is 1.57. The zero-order valence-electron chi connectivity index (χ0n) is 15.8. The smallest absolute Gasteiger partial charge is 0.124 e. The lowest BCUT2D eigenvalue weighted by atomic mass is 10.1. The number of aryl methyl sites for hydroxylation is 1. The monoisotopic (exact) mass is 416 g/mol. The van der Waals surface area contributed by atoms with Gasteiger partial charge in [0.25, 0.3) is 0 Å². The number of hydrogen-bond acceptors (Lipinski definition) is 3. The lowest BCUT2D eigenvalue weighted by molar-refractivity contribution is 0.259. The van der Waals surface area contributed by atoms with E-state index in [2.05, 4.69) is 76.4 Å². The van der Waals surface area contributed by atoms with Gasteiger partial charge in [-0.1, -0.05) is 52.7 Å². The Morgan fingerprint density at radius 1 is 1.19 bits per heavy atom. The zero-order chi connectivity index (χ0) is 18.4. The van der Waals surface area contributed by atoms with Crippen molar-refractivity contribution in [2.75, 3.05) is 19.6 Å². The average Bonchev–Trinajstić information content (AvgIpc) is 3.10. The summed E-state index contributed by atoms with van der Waals surface area (Å²) in [6.45, 7) is 9.21. The van der Waals surface area contributed by atoms with E-state index in [-0.39, 0.29) is 0 Å². The fourth-order valence-corrected chi connectivity index (χ4v) is 4.00. The Hall–Kier alpha value is -1.36. The molecule has 0 radical (unpaired) electrons. The van der Waals surface area contributed by atoms with Crippen molar-refractivity contribution in [3.8, 4) is 5.75 Å². The van der Waals surface area contributed by atoms with Gasteiger partial charge in [0.1, 0.15) is 12.4 Å². The molecule has 1 aliphatic heterocycles. The predicted molar refractivity (Wildman–Crippen MR) is 112 cm³/mol. The number of hydrogen-bond donors (Lipinski definition) is 1. The van der Waals surface area contributed by atoms with Crippen molar-refractivity contribution in [3.05, 3.63) is 63.6 Å². The number of benzene rings is 2. The van der Waals surface area contributed by atoms with Crippen LogP contribution in [0.15, 0.2) is 46.9 Å². The molecule has 26 heavy (non-hydrogen) atoms. The van der Waals surface area contributed by atoms with Crippen molar-refractivity contribution in [2.24, 2.45) is 0 Å². The van der Waals surface area contributed by atoms with Crippen LogP contribution in [0, 0.1) is 6.92 Å². The Bertz CT molecular complexity index is 702. The van der Waals surface area contributed by atoms with Gasteiger partial charge in [-0.15, -0.1) is 0 Å². The summed E-state index contributed by atoms with van der Waals surface area (Å²) in [7, 11) is 0. The third-order valence-corrected chi connectivity index (χ3v) is 5.63. The maximum Gasteiger partial charge on any atom is 0.124 e. The molecule has 1 atom stereocenters. The topological polar surface area (TPSA) is 24.5 Å². The Morgan fingerprint density at radius 3 is 2.77 bits per heavy atom. The summed E-state index contributed by atoms with van der Waals surface area (Å²) in [6, 6.07) is 15.4. The SMILES string of the molecule is CCN1CCC[C@@H]1CNCc1cc(Br)ccc1OCc1ccc(C)cc1. The molecule has 3 nitrogen and oxygen atoms in total. The van der Waals surface area contributed by atoms with Gasteiger partial charge >= 0.3 is 0 Å². The van der Waals surface area contributed by atoms with Gasteiger partial charge in [0.15, 0.2) is 0 Å². The van der Waals surface area contributed by atoms with Crippen molar-refractivity contribution in [1.29, 1.82) is 0 Å². The zero-order valence-corrected chi connectivity index (χ0v) is 17.4. The first-order chi connectivity index (χ1) is 12.7. The summed E-state index contributed by atoms with van der Waals surface area (Å²) in [5.41, 5.74) is 3.67. The highest BCUT2D eigenvalue weighted by Crippen LogP contribution is 2.24. The van der Waals surface area contributed by atoms with Gasteiger partial charge in [0.05, 0.1) is 0 Å². The molecule has 1 fully saturated rings. The van der Waals surface area contributed by atoms with E-state index >= 15 is 0 Å². The van der Waals surface area contributed by atoms with E-state index in [1.807, 2.05) is 6.07 Å². The summed E-state index contributed by atoms with van der Waals surface area (Å²) in [5, 5.41) is 3.64. The van der Waals surface area contributed by atoms with Crippen LogP contribution < -0.4 is 10.1 Å². The van der Waals surface area contributed by atoms with E-state index in [9.17, 15) is 0 Å². The molecule has 1 heterocycles. The van der Waals surface area contributed by atoms with Gasteiger partial charge in [-0.2, -0.15) is 0 Å². The summed E-state index contributed by atoms with van der Waals surface area (Å²) < 4.78 is 7.20. The highest BCUT2D eigenvalue weighted by molar-refractivity contribution is 9.10. The average molecular weight is 417 g/mol. The number of likely N-dealkylation sites (tertiary alicyclic amines) is 1. The molecule has 1 N–H and O–H groups in total. The molecule has 3 rings (SSSR count). The van der Waals surface area contributed by atoms with E-state index in [4.69, 9.17) is 4.74 Å². The minimum absolute atomic E-state index is 0.598. The molecule has 0 spiro atoms. The number of nitrogens with one attached hydrogen (secondary N) is 1. The highest BCUT2D eigenvalue weighted by Gasteiger charge is 2.22. The number of nitrogens with zero attached hydrogens (tertiary/aromatic N) is 1. The Kier molecular flexibility index (Phi) is 7.12. The second-order valence-corrected chi connectivity index (χ2v) is 8.00. The molecular formula is C22H29BrN2O. The second kappa shape index (κ2) is 9.54. The maximum atomic E-state index is 6.11. The van der Waals surface area contributed by atoms with Gasteiger partial charge < -0.3 is 10.1 Å². The van der Waals surface area contributed by atoms with Crippen LogP contribution >= 0.6 is 15.9 Å². The number of halogens is 1. The fraction of sp³-hybridized carbons (Fsp3) is 0.455. The minimum Gasteiger partial charge on any atom is -0.489 e. The van der Waals surface area contributed by atoms with Gasteiger partial charge in [-0.3, -0.25) is 4.90 Å². The standard InChI is InChI=1S/C22H29BrN2O/c1-3-25-12-4-5-21(25)15-24-14-19-13-20(23)10-11-22(19)26-16-18-8-6-17(2)7-9-18/h6-11,13,21,24H,3-5,12,14-16H2,1-2H3/t21-/m1/s1. The summed E-state index contributed by atoms with van der Waals surface area (Å²) in [6.07, 6.45) is 2.62.